The normalized spacial score (nSPS) is 11.9. The topological polar surface area (TPSA) is 82.7 Å². The second-order valence-corrected chi connectivity index (χ2v) is 4.09. The Morgan fingerprint density at radius 2 is 2.26 bits per heavy atom. The Morgan fingerprint density at radius 3 is 2.89 bits per heavy atom. The first-order valence-corrected chi connectivity index (χ1v) is 6.18. The van der Waals surface area contributed by atoms with Gasteiger partial charge in [-0.15, -0.1) is 0 Å². The van der Waals surface area contributed by atoms with Gasteiger partial charge < -0.3 is 15.6 Å². The number of nitrogens with zero attached hydrogens (tertiary/aromatic N) is 2. The summed E-state index contributed by atoms with van der Waals surface area (Å²) in [6.45, 7) is 1.99. The van der Waals surface area contributed by atoms with Gasteiger partial charge in [-0.2, -0.15) is 0 Å². The summed E-state index contributed by atoms with van der Waals surface area (Å²) < 4.78 is 0. The number of hydrogen-bond acceptors (Lipinski definition) is 4. The Hall–Kier alpha value is -2.37. The quantitative estimate of drug-likeness (QED) is 0.763. The van der Waals surface area contributed by atoms with Crippen molar-refractivity contribution in [3.8, 4) is 0 Å². The van der Waals surface area contributed by atoms with Crippen LogP contribution in [0.4, 0.5) is 5.69 Å². The van der Waals surface area contributed by atoms with Crippen molar-refractivity contribution in [3.63, 3.8) is 0 Å². The number of imidazole rings is 1. The third kappa shape index (κ3) is 3.09. The van der Waals surface area contributed by atoms with E-state index in [0.29, 0.717) is 5.69 Å². The summed E-state index contributed by atoms with van der Waals surface area (Å²) in [5.41, 5.74) is 1.24. The number of carbonyl (C=O) groups is 1. The van der Waals surface area contributed by atoms with Crippen LogP contribution in [-0.2, 0) is 0 Å². The zero-order chi connectivity index (χ0) is 13.7. The van der Waals surface area contributed by atoms with Gasteiger partial charge in [0.1, 0.15) is 11.5 Å². The largest absolute Gasteiger partial charge is 0.388 e. The first kappa shape index (κ1) is 13.1. The SMILES string of the molecule is CCC(NC(=O)c1cc(NC)ccn1)c1ncc[nH]1. The molecule has 2 heterocycles. The Bertz CT molecular complexity index is 538. The Balaban J connectivity index is 2.11. The number of hydrogen-bond donors (Lipinski definition) is 3. The van der Waals surface area contributed by atoms with Crippen LogP contribution in [0.25, 0.3) is 0 Å². The number of nitrogens with one attached hydrogen (secondary N) is 3. The second kappa shape index (κ2) is 5.99. The summed E-state index contributed by atoms with van der Waals surface area (Å²) in [7, 11) is 1.80. The van der Waals surface area contributed by atoms with Gasteiger partial charge in [0.25, 0.3) is 5.91 Å². The van der Waals surface area contributed by atoms with Crippen LogP contribution < -0.4 is 10.6 Å². The van der Waals surface area contributed by atoms with E-state index in [2.05, 4.69) is 25.6 Å². The third-order valence-electron chi connectivity index (χ3n) is 2.84. The van der Waals surface area contributed by atoms with Gasteiger partial charge in [-0.05, 0) is 18.6 Å². The summed E-state index contributed by atoms with van der Waals surface area (Å²) in [6.07, 6.45) is 5.77. The van der Waals surface area contributed by atoms with Gasteiger partial charge in [0.2, 0.25) is 0 Å². The Kier molecular flexibility index (Phi) is 4.12. The molecule has 0 radical (unpaired) electrons. The highest BCUT2D eigenvalue weighted by Gasteiger charge is 2.16. The van der Waals surface area contributed by atoms with E-state index in [-0.39, 0.29) is 11.9 Å². The molecule has 6 nitrogen and oxygen atoms in total. The number of aromatic amines is 1. The smallest absolute Gasteiger partial charge is 0.270 e. The molecule has 6 heteroatoms. The molecule has 0 aliphatic carbocycles. The molecule has 100 valence electrons. The maximum Gasteiger partial charge on any atom is 0.270 e. The molecule has 0 fully saturated rings. The lowest BCUT2D eigenvalue weighted by Crippen LogP contribution is -2.29. The van der Waals surface area contributed by atoms with Crippen LogP contribution in [0.5, 0.6) is 0 Å². The van der Waals surface area contributed by atoms with Crippen LogP contribution in [-0.4, -0.2) is 27.9 Å². The minimum Gasteiger partial charge on any atom is -0.388 e. The first-order valence-electron chi connectivity index (χ1n) is 6.18. The van der Waals surface area contributed by atoms with Gasteiger partial charge in [0.15, 0.2) is 0 Å². The molecule has 0 bridgehead atoms. The molecule has 0 aromatic carbocycles. The predicted molar refractivity (Wildman–Crippen MR) is 72.9 cm³/mol. The molecule has 3 N–H and O–H groups in total. The van der Waals surface area contributed by atoms with Crippen LogP contribution >= 0.6 is 0 Å². The number of rotatable bonds is 5. The van der Waals surface area contributed by atoms with Gasteiger partial charge >= 0.3 is 0 Å². The average molecular weight is 259 g/mol. The number of pyridine rings is 1. The number of H-pyrrole nitrogens is 1. The molecule has 0 saturated heterocycles. The van der Waals surface area contributed by atoms with Crippen LogP contribution in [0.3, 0.4) is 0 Å². The molecule has 0 spiro atoms. The summed E-state index contributed by atoms with van der Waals surface area (Å²) in [6, 6.07) is 3.38. The fourth-order valence-corrected chi connectivity index (χ4v) is 1.77. The highest BCUT2D eigenvalue weighted by atomic mass is 16.1. The van der Waals surface area contributed by atoms with Gasteiger partial charge in [-0.1, -0.05) is 6.92 Å². The van der Waals surface area contributed by atoms with E-state index >= 15 is 0 Å². The van der Waals surface area contributed by atoms with Crippen molar-refractivity contribution >= 4 is 11.6 Å². The number of anilines is 1. The fourth-order valence-electron chi connectivity index (χ4n) is 1.77. The molecular weight excluding hydrogens is 242 g/mol. The van der Waals surface area contributed by atoms with E-state index in [1.165, 1.54) is 0 Å². The second-order valence-electron chi connectivity index (χ2n) is 4.09. The monoisotopic (exact) mass is 259 g/mol. The molecule has 19 heavy (non-hydrogen) atoms. The van der Waals surface area contributed by atoms with Crippen LogP contribution in [0, 0.1) is 0 Å². The zero-order valence-electron chi connectivity index (χ0n) is 11.0. The summed E-state index contributed by atoms with van der Waals surface area (Å²) in [5, 5.41) is 5.89. The lowest BCUT2D eigenvalue weighted by atomic mass is 10.2. The van der Waals surface area contributed by atoms with E-state index in [1.54, 1.807) is 37.8 Å². The van der Waals surface area contributed by atoms with Gasteiger partial charge in [-0.25, -0.2) is 4.98 Å². The van der Waals surface area contributed by atoms with Crippen molar-refractivity contribution in [3.05, 3.63) is 42.2 Å². The van der Waals surface area contributed by atoms with Crippen LogP contribution in [0.15, 0.2) is 30.7 Å². The number of amides is 1. The minimum atomic E-state index is -0.208. The molecule has 0 aliphatic heterocycles. The van der Waals surface area contributed by atoms with E-state index in [0.717, 1.165) is 17.9 Å². The first-order chi connectivity index (χ1) is 9.24. The van der Waals surface area contributed by atoms with E-state index in [4.69, 9.17) is 0 Å². The van der Waals surface area contributed by atoms with Crippen LogP contribution in [0.2, 0.25) is 0 Å². The van der Waals surface area contributed by atoms with E-state index in [9.17, 15) is 4.79 Å². The summed E-state index contributed by atoms with van der Waals surface area (Å²) in [4.78, 5) is 23.4. The maximum absolute atomic E-state index is 12.1. The van der Waals surface area contributed by atoms with Crippen molar-refractivity contribution in [2.24, 2.45) is 0 Å². The maximum atomic E-state index is 12.1. The van der Waals surface area contributed by atoms with E-state index < -0.39 is 0 Å². The molecule has 2 rings (SSSR count). The standard InChI is InChI=1S/C13H17N5O/c1-3-10(12-16-6-7-17-12)18-13(19)11-8-9(14-2)4-5-15-11/h4-8,10H,3H2,1-2H3,(H,14,15)(H,16,17)(H,18,19). The molecule has 0 saturated carbocycles. The average Bonchev–Trinajstić information content (AvgIpc) is 2.98. The zero-order valence-corrected chi connectivity index (χ0v) is 11.0. The van der Waals surface area contributed by atoms with Crippen molar-refractivity contribution in [1.29, 1.82) is 0 Å². The number of carbonyl (C=O) groups excluding carboxylic acids is 1. The molecule has 2 aromatic heterocycles. The lowest BCUT2D eigenvalue weighted by Gasteiger charge is -2.14. The van der Waals surface area contributed by atoms with Crippen molar-refractivity contribution in [1.82, 2.24) is 20.3 Å². The van der Waals surface area contributed by atoms with Gasteiger partial charge in [-0.3, -0.25) is 9.78 Å². The summed E-state index contributed by atoms with van der Waals surface area (Å²) >= 11 is 0. The molecule has 1 atom stereocenters. The Labute approximate surface area is 111 Å². The fraction of sp³-hybridized carbons (Fsp3) is 0.308. The highest BCUT2D eigenvalue weighted by Crippen LogP contribution is 2.13. The minimum absolute atomic E-state index is 0.137. The Morgan fingerprint density at radius 1 is 1.42 bits per heavy atom. The van der Waals surface area contributed by atoms with Crippen molar-refractivity contribution in [2.45, 2.75) is 19.4 Å². The van der Waals surface area contributed by atoms with Crippen molar-refractivity contribution < 1.29 is 4.79 Å². The van der Waals surface area contributed by atoms with Crippen LogP contribution in [0.1, 0.15) is 35.7 Å². The number of aromatic nitrogens is 3. The molecule has 1 amide bonds. The lowest BCUT2D eigenvalue weighted by molar-refractivity contribution is 0.0929. The molecule has 1 unspecified atom stereocenters. The highest BCUT2D eigenvalue weighted by molar-refractivity contribution is 5.93. The molecular formula is C13H17N5O. The summed E-state index contributed by atoms with van der Waals surface area (Å²) in [5.74, 6) is 0.543. The third-order valence-corrected chi connectivity index (χ3v) is 2.84. The van der Waals surface area contributed by atoms with Gasteiger partial charge in [0.05, 0.1) is 6.04 Å². The molecule has 2 aromatic rings. The van der Waals surface area contributed by atoms with Crippen molar-refractivity contribution in [2.75, 3.05) is 12.4 Å². The van der Waals surface area contributed by atoms with Gasteiger partial charge in [0, 0.05) is 31.3 Å². The van der Waals surface area contributed by atoms with E-state index in [1.807, 2.05) is 6.92 Å². The molecule has 0 aliphatic rings. The predicted octanol–water partition coefficient (Wildman–Crippen LogP) is 1.73.